The highest BCUT2D eigenvalue weighted by atomic mass is 32.2. The highest BCUT2D eigenvalue weighted by Gasteiger charge is 2.37. The van der Waals surface area contributed by atoms with Gasteiger partial charge in [0.15, 0.2) is 0 Å². The molecule has 10 heteroatoms. The quantitative estimate of drug-likeness (QED) is 0.536. The zero-order valence-corrected chi connectivity index (χ0v) is 21.5. The molecule has 2 heterocycles. The molecular formula is C24H36N4O5S. The van der Waals surface area contributed by atoms with E-state index in [9.17, 15) is 13.2 Å². The Morgan fingerprint density at radius 3 is 2.62 bits per heavy atom. The fraction of sp³-hybridized carbons (Fsp3) is 0.583. The van der Waals surface area contributed by atoms with E-state index in [1.165, 1.54) is 0 Å². The number of ether oxygens (including phenoxy) is 1. The van der Waals surface area contributed by atoms with Gasteiger partial charge in [-0.1, -0.05) is 30.3 Å². The van der Waals surface area contributed by atoms with Gasteiger partial charge in [-0.25, -0.2) is 4.79 Å². The summed E-state index contributed by atoms with van der Waals surface area (Å²) >= 11 is 0. The summed E-state index contributed by atoms with van der Waals surface area (Å²) in [5.41, 5.74) is 2.04. The van der Waals surface area contributed by atoms with E-state index in [1.54, 1.807) is 0 Å². The normalized spacial score (nSPS) is 18.1. The molecule has 0 saturated carbocycles. The van der Waals surface area contributed by atoms with Crippen LogP contribution in [0.15, 0.2) is 36.5 Å². The fourth-order valence-corrected chi connectivity index (χ4v) is 4.87. The van der Waals surface area contributed by atoms with E-state index in [-0.39, 0.29) is 6.04 Å². The third-order valence-electron chi connectivity index (χ3n) is 5.59. The van der Waals surface area contributed by atoms with E-state index in [2.05, 4.69) is 15.3 Å². The molecule has 0 radical (unpaired) electrons. The van der Waals surface area contributed by atoms with Crippen molar-refractivity contribution < 1.29 is 22.1 Å². The molecule has 2 aromatic rings. The topological polar surface area (TPSA) is 103 Å². The predicted molar refractivity (Wildman–Crippen MR) is 130 cm³/mol. The van der Waals surface area contributed by atoms with Crippen molar-refractivity contribution in [3.63, 3.8) is 0 Å². The van der Waals surface area contributed by atoms with Crippen LogP contribution < -0.4 is 5.32 Å². The number of alkyl carbamates (subject to hydrolysis) is 1. The second-order valence-corrected chi connectivity index (χ2v) is 11.3. The Labute approximate surface area is 202 Å². The van der Waals surface area contributed by atoms with Gasteiger partial charge in [-0.15, -0.1) is 0 Å². The van der Waals surface area contributed by atoms with Crippen LogP contribution in [-0.4, -0.2) is 66.7 Å². The van der Waals surface area contributed by atoms with Crippen molar-refractivity contribution >= 4 is 16.2 Å². The van der Waals surface area contributed by atoms with Gasteiger partial charge in [0.1, 0.15) is 11.7 Å². The van der Waals surface area contributed by atoms with Crippen LogP contribution in [0.4, 0.5) is 4.79 Å². The first-order chi connectivity index (χ1) is 15.9. The molecule has 1 aliphatic rings. The molecule has 9 nitrogen and oxygen atoms in total. The molecule has 1 saturated heterocycles. The number of nitrogens with zero attached hydrogens (tertiary/aromatic N) is 3. The zero-order chi connectivity index (χ0) is 24.9. The van der Waals surface area contributed by atoms with Gasteiger partial charge in [0.2, 0.25) is 0 Å². The summed E-state index contributed by atoms with van der Waals surface area (Å²) in [5.74, 6) is 0. The Hall–Kier alpha value is -2.43. The highest BCUT2D eigenvalue weighted by molar-refractivity contribution is 7.86. The lowest BCUT2D eigenvalue weighted by atomic mass is 10.0. The van der Waals surface area contributed by atoms with E-state index in [0.717, 1.165) is 42.5 Å². The summed E-state index contributed by atoms with van der Waals surface area (Å²) in [6.07, 6.45) is 3.52. The Morgan fingerprint density at radius 1 is 1.26 bits per heavy atom. The van der Waals surface area contributed by atoms with Crippen LogP contribution in [0.3, 0.4) is 0 Å². The maximum atomic E-state index is 12.2. The summed E-state index contributed by atoms with van der Waals surface area (Å²) in [4.78, 5) is 14.2. The smallest absolute Gasteiger partial charge is 0.407 e. The highest BCUT2D eigenvalue weighted by Crippen LogP contribution is 2.34. The summed E-state index contributed by atoms with van der Waals surface area (Å²) in [6.45, 7) is 9.65. The van der Waals surface area contributed by atoms with Crippen LogP contribution >= 0.6 is 0 Å². The standard InChI is InChI=1S/C24H36N4O5S/c1-18-20(17-28(26-18)16-19-10-7-6-8-11-19)22(33-34(5,30)31)21-12-9-14-27(21)15-13-25-23(29)32-24(2,3)4/h6-8,10-11,17,21-22H,9,12-16H2,1-5H3,(H,25,29)/t21-,22+/m0/s1. The second-order valence-electron chi connectivity index (χ2n) is 9.75. The number of carbonyl (C=O) groups is 1. The molecule has 1 aliphatic heterocycles. The van der Waals surface area contributed by atoms with Crippen molar-refractivity contribution in [2.24, 2.45) is 0 Å². The lowest BCUT2D eigenvalue weighted by molar-refractivity contribution is 0.0512. The minimum absolute atomic E-state index is 0.150. The van der Waals surface area contributed by atoms with E-state index < -0.39 is 27.9 Å². The maximum Gasteiger partial charge on any atom is 0.407 e. The van der Waals surface area contributed by atoms with Crippen LogP contribution in [0, 0.1) is 6.92 Å². The van der Waals surface area contributed by atoms with Gasteiger partial charge in [-0.3, -0.25) is 13.8 Å². The summed E-state index contributed by atoms with van der Waals surface area (Å²) in [7, 11) is -3.71. The molecule has 3 rings (SSSR count). The molecule has 1 amide bonds. The number of hydrogen-bond donors (Lipinski definition) is 1. The number of benzene rings is 1. The van der Waals surface area contributed by atoms with Crippen LogP contribution in [0.5, 0.6) is 0 Å². The van der Waals surface area contributed by atoms with Crippen molar-refractivity contribution in [1.29, 1.82) is 0 Å². The van der Waals surface area contributed by atoms with Crippen molar-refractivity contribution in [1.82, 2.24) is 20.0 Å². The predicted octanol–water partition coefficient (Wildman–Crippen LogP) is 3.25. The van der Waals surface area contributed by atoms with Crippen LogP contribution in [0.1, 0.15) is 56.5 Å². The molecular weight excluding hydrogens is 456 g/mol. The Bertz CT molecular complexity index is 1060. The number of likely N-dealkylation sites (tertiary alicyclic amines) is 1. The van der Waals surface area contributed by atoms with Gasteiger partial charge in [0.25, 0.3) is 10.1 Å². The van der Waals surface area contributed by atoms with Gasteiger partial charge in [-0.2, -0.15) is 13.5 Å². The lowest BCUT2D eigenvalue weighted by Crippen LogP contribution is -2.42. The van der Waals surface area contributed by atoms with Gasteiger partial charge in [0.05, 0.1) is 18.5 Å². The van der Waals surface area contributed by atoms with Crippen LogP contribution in [0.25, 0.3) is 0 Å². The summed E-state index contributed by atoms with van der Waals surface area (Å²) in [6, 6.07) is 9.82. The Kier molecular flexibility index (Phi) is 8.38. The van der Waals surface area contributed by atoms with Crippen molar-refractivity contribution in [3.8, 4) is 0 Å². The SMILES string of the molecule is Cc1nn(Cc2ccccc2)cc1[C@@H](OS(C)(=O)=O)[C@@H]1CCCN1CCNC(=O)OC(C)(C)C. The number of amides is 1. The number of carbonyl (C=O) groups excluding carboxylic acids is 1. The fourth-order valence-electron chi connectivity index (χ4n) is 4.26. The van der Waals surface area contributed by atoms with Gasteiger partial charge in [-0.05, 0) is 52.6 Å². The molecule has 188 valence electrons. The van der Waals surface area contributed by atoms with Gasteiger partial charge < -0.3 is 10.1 Å². The first-order valence-electron chi connectivity index (χ1n) is 11.6. The number of aryl methyl sites for hydroxylation is 1. The average Bonchev–Trinajstić information content (AvgIpc) is 3.31. The number of hydrogen-bond acceptors (Lipinski definition) is 7. The molecule has 0 unspecified atom stereocenters. The van der Waals surface area contributed by atoms with Gasteiger partial charge >= 0.3 is 6.09 Å². The monoisotopic (exact) mass is 492 g/mol. The third kappa shape index (κ3) is 7.82. The summed E-state index contributed by atoms with van der Waals surface area (Å²) in [5, 5.41) is 7.40. The van der Waals surface area contributed by atoms with E-state index >= 15 is 0 Å². The number of rotatable bonds is 9. The molecule has 1 aromatic heterocycles. The zero-order valence-electron chi connectivity index (χ0n) is 20.7. The molecule has 34 heavy (non-hydrogen) atoms. The second kappa shape index (κ2) is 10.9. The van der Waals surface area contributed by atoms with E-state index in [4.69, 9.17) is 8.92 Å². The molecule has 2 atom stereocenters. The first kappa shape index (κ1) is 26.2. The number of nitrogens with one attached hydrogen (secondary N) is 1. The Balaban J connectivity index is 1.74. The van der Waals surface area contributed by atoms with Crippen molar-refractivity contribution in [2.75, 3.05) is 25.9 Å². The summed E-state index contributed by atoms with van der Waals surface area (Å²) < 4.78 is 37.1. The molecule has 0 spiro atoms. The maximum absolute atomic E-state index is 12.2. The molecule has 1 aromatic carbocycles. The minimum Gasteiger partial charge on any atom is -0.444 e. The Morgan fingerprint density at radius 2 is 1.97 bits per heavy atom. The van der Waals surface area contributed by atoms with Crippen molar-refractivity contribution in [2.45, 2.75) is 64.8 Å². The van der Waals surface area contributed by atoms with E-state index in [0.29, 0.717) is 19.6 Å². The van der Waals surface area contributed by atoms with Gasteiger partial charge in [0, 0.05) is 30.9 Å². The van der Waals surface area contributed by atoms with E-state index in [1.807, 2.05) is 68.9 Å². The van der Waals surface area contributed by atoms with Crippen LogP contribution in [0.2, 0.25) is 0 Å². The molecule has 0 bridgehead atoms. The molecule has 1 fully saturated rings. The average molecular weight is 493 g/mol. The minimum atomic E-state index is -3.71. The third-order valence-corrected chi connectivity index (χ3v) is 6.14. The van der Waals surface area contributed by atoms with Crippen molar-refractivity contribution in [3.05, 3.63) is 53.3 Å². The number of aromatic nitrogens is 2. The molecule has 1 N–H and O–H groups in total. The first-order valence-corrected chi connectivity index (χ1v) is 13.4. The van der Waals surface area contributed by atoms with Crippen LogP contribution in [-0.2, 0) is 25.6 Å². The largest absolute Gasteiger partial charge is 0.444 e. The lowest BCUT2D eigenvalue weighted by Gasteiger charge is -2.31. The molecule has 0 aliphatic carbocycles.